The Balaban J connectivity index is 1.77. The van der Waals surface area contributed by atoms with Crippen LogP contribution in [0.2, 0.25) is 9.36 Å². The van der Waals surface area contributed by atoms with Gasteiger partial charge in [0.15, 0.2) is 0 Å². The van der Waals surface area contributed by atoms with Gasteiger partial charge < -0.3 is 5.32 Å². The monoisotopic (exact) mass is 377 g/mol. The normalized spacial score (nSPS) is 14.4. The highest BCUT2D eigenvalue weighted by Gasteiger charge is 2.21. The predicted octanol–water partition coefficient (Wildman–Crippen LogP) is 4.65. The van der Waals surface area contributed by atoms with Crippen molar-refractivity contribution in [2.75, 3.05) is 13.1 Å². The molecule has 124 valence electrons. The molecule has 3 heterocycles. The van der Waals surface area contributed by atoms with E-state index in [1.807, 2.05) is 18.2 Å². The molecule has 3 aromatic rings. The minimum absolute atomic E-state index is 0.749. The van der Waals surface area contributed by atoms with Crippen molar-refractivity contribution in [1.29, 1.82) is 0 Å². The van der Waals surface area contributed by atoms with Crippen molar-refractivity contribution < 1.29 is 0 Å². The number of halogens is 2. The molecule has 0 radical (unpaired) electrons. The molecular weight excluding hydrogens is 361 g/mol. The summed E-state index contributed by atoms with van der Waals surface area (Å²) in [5.74, 6) is 0. The van der Waals surface area contributed by atoms with Crippen LogP contribution in [0, 0.1) is 0 Å². The van der Waals surface area contributed by atoms with Crippen LogP contribution < -0.4 is 5.32 Å². The van der Waals surface area contributed by atoms with E-state index in [9.17, 15) is 0 Å². The molecule has 0 spiro atoms. The Morgan fingerprint density at radius 1 is 1.04 bits per heavy atom. The Morgan fingerprint density at radius 3 is 2.58 bits per heavy atom. The molecule has 0 aliphatic carbocycles. The Morgan fingerprint density at radius 2 is 1.83 bits per heavy atom. The maximum atomic E-state index is 6.08. The molecule has 24 heavy (non-hydrogen) atoms. The fourth-order valence-corrected chi connectivity index (χ4v) is 4.37. The van der Waals surface area contributed by atoms with Crippen molar-refractivity contribution in [2.45, 2.75) is 19.4 Å². The second-order valence-corrected chi connectivity index (χ2v) is 8.13. The SMILES string of the molecule is Clc1ccc(-c2nn(Cc3ccc(Cl)s3)c3c2CCNCC3)cc1. The maximum absolute atomic E-state index is 6.08. The molecule has 0 atom stereocenters. The fraction of sp³-hybridized carbons (Fsp3) is 0.278. The number of thiophene rings is 1. The smallest absolute Gasteiger partial charge is 0.0958 e. The zero-order chi connectivity index (χ0) is 16.5. The lowest BCUT2D eigenvalue weighted by molar-refractivity contribution is 0.633. The highest BCUT2D eigenvalue weighted by molar-refractivity contribution is 7.16. The quantitative estimate of drug-likeness (QED) is 0.719. The second kappa shape index (κ2) is 6.89. The molecule has 1 aliphatic heterocycles. The van der Waals surface area contributed by atoms with Crippen LogP contribution in [0.25, 0.3) is 11.3 Å². The molecule has 0 amide bonds. The number of rotatable bonds is 3. The van der Waals surface area contributed by atoms with Gasteiger partial charge in [-0.25, -0.2) is 0 Å². The van der Waals surface area contributed by atoms with E-state index in [4.69, 9.17) is 28.3 Å². The van der Waals surface area contributed by atoms with E-state index in [1.54, 1.807) is 11.3 Å². The third-order valence-electron chi connectivity index (χ3n) is 4.31. The van der Waals surface area contributed by atoms with Gasteiger partial charge in [0.25, 0.3) is 0 Å². The number of hydrogen-bond acceptors (Lipinski definition) is 3. The van der Waals surface area contributed by atoms with Crippen LogP contribution in [0.1, 0.15) is 16.1 Å². The summed E-state index contributed by atoms with van der Waals surface area (Å²) in [5, 5.41) is 9.18. The van der Waals surface area contributed by atoms with Crippen molar-refractivity contribution in [3.8, 4) is 11.3 Å². The van der Waals surface area contributed by atoms with E-state index in [1.165, 1.54) is 16.1 Å². The first-order chi connectivity index (χ1) is 11.7. The number of aromatic nitrogens is 2. The number of nitrogens with one attached hydrogen (secondary N) is 1. The Bertz CT molecular complexity index is 852. The van der Waals surface area contributed by atoms with E-state index in [-0.39, 0.29) is 0 Å². The van der Waals surface area contributed by atoms with Gasteiger partial charge >= 0.3 is 0 Å². The van der Waals surface area contributed by atoms with Gasteiger partial charge in [0.1, 0.15) is 0 Å². The number of nitrogens with zero attached hydrogens (tertiary/aromatic N) is 2. The average molecular weight is 378 g/mol. The lowest BCUT2D eigenvalue weighted by atomic mass is 10.0. The van der Waals surface area contributed by atoms with Gasteiger partial charge in [-0.15, -0.1) is 11.3 Å². The standard InChI is InChI=1S/C18H17Cl2N3S/c19-13-3-1-12(2-4-13)18-15-7-9-21-10-8-16(15)23(22-18)11-14-5-6-17(20)24-14/h1-6,21H,7-11H2. The van der Waals surface area contributed by atoms with Crippen LogP contribution in [0.15, 0.2) is 36.4 Å². The van der Waals surface area contributed by atoms with Gasteiger partial charge in [0, 0.05) is 39.7 Å². The lowest BCUT2D eigenvalue weighted by Gasteiger charge is -2.05. The van der Waals surface area contributed by atoms with Gasteiger partial charge in [-0.05, 0) is 37.2 Å². The predicted molar refractivity (Wildman–Crippen MR) is 101 cm³/mol. The van der Waals surface area contributed by atoms with E-state index in [2.05, 4.69) is 28.2 Å². The molecule has 0 saturated heterocycles. The molecule has 1 aromatic carbocycles. The molecule has 4 rings (SSSR count). The van der Waals surface area contributed by atoms with Crippen molar-refractivity contribution in [1.82, 2.24) is 15.1 Å². The third-order valence-corrected chi connectivity index (χ3v) is 5.78. The molecule has 1 N–H and O–H groups in total. The van der Waals surface area contributed by atoms with Crippen LogP contribution in [0.4, 0.5) is 0 Å². The van der Waals surface area contributed by atoms with Crippen LogP contribution >= 0.6 is 34.5 Å². The van der Waals surface area contributed by atoms with E-state index < -0.39 is 0 Å². The summed E-state index contributed by atoms with van der Waals surface area (Å²) < 4.78 is 2.97. The van der Waals surface area contributed by atoms with Crippen LogP contribution in [0.3, 0.4) is 0 Å². The summed E-state index contributed by atoms with van der Waals surface area (Å²) in [5.41, 5.74) is 4.88. The molecule has 3 nitrogen and oxygen atoms in total. The van der Waals surface area contributed by atoms with Crippen molar-refractivity contribution in [3.63, 3.8) is 0 Å². The highest BCUT2D eigenvalue weighted by atomic mass is 35.5. The van der Waals surface area contributed by atoms with Gasteiger partial charge in [-0.1, -0.05) is 35.3 Å². The minimum Gasteiger partial charge on any atom is -0.316 e. The average Bonchev–Trinajstić information content (AvgIpc) is 3.03. The Hall–Kier alpha value is -1.33. The van der Waals surface area contributed by atoms with Gasteiger partial charge in [-0.2, -0.15) is 5.10 Å². The van der Waals surface area contributed by atoms with Gasteiger partial charge in [-0.3, -0.25) is 4.68 Å². The van der Waals surface area contributed by atoms with E-state index >= 15 is 0 Å². The molecule has 1 aliphatic rings. The molecule has 0 bridgehead atoms. The maximum Gasteiger partial charge on any atom is 0.0958 e. The van der Waals surface area contributed by atoms with Crippen LogP contribution in [0.5, 0.6) is 0 Å². The lowest BCUT2D eigenvalue weighted by Crippen LogP contribution is -2.17. The molecule has 2 aromatic heterocycles. The van der Waals surface area contributed by atoms with Gasteiger partial charge in [0.2, 0.25) is 0 Å². The summed E-state index contributed by atoms with van der Waals surface area (Å²) >= 11 is 13.7. The number of benzene rings is 1. The zero-order valence-corrected chi connectivity index (χ0v) is 15.4. The highest BCUT2D eigenvalue weighted by Crippen LogP contribution is 2.30. The zero-order valence-electron chi connectivity index (χ0n) is 13.1. The summed E-state index contributed by atoms with van der Waals surface area (Å²) in [6.07, 6.45) is 1.99. The van der Waals surface area contributed by atoms with Gasteiger partial charge in [0.05, 0.1) is 16.6 Å². The summed E-state index contributed by atoms with van der Waals surface area (Å²) in [4.78, 5) is 1.23. The molecule has 0 saturated carbocycles. The van der Waals surface area contributed by atoms with Crippen LogP contribution in [-0.2, 0) is 19.4 Å². The minimum atomic E-state index is 0.749. The fourth-order valence-electron chi connectivity index (χ4n) is 3.18. The first-order valence-corrected chi connectivity index (χ1v) is 9.57. The van der Waals surface area contributed by atoms with Crippen LogP contribution in [-0.4, -0.2) is 22.9 Å². The topological polar surface area (TPSA) is 29.9 Å². The van der Waals surface area contributed by atoms with E-state index in [0.29, 0.717) is 0 Å². The summed E-state index contributed by atoms with van der Waals surface area (Å²) in [6, 6.07) is 12.0. The third kappa shape index (κ3) is 3.24. The first-order valence-electron chi connectivity index (χ1n) is 8.00. The Kier molecular flexibility index (Phi) is 4.63. The van der Waals surface area contributed by atoms with Crippen molar-refractivity contribution in [2.24, 2.45) is 0 Å². The molecule has 0 fully saturated rings. The number of fused-ring (bicyclic) bond motifs is 1. The Labute approximate surface area is 155 Å². The van der Waals surface area contributed by atoms with Crippen molar-refractivity contribution >= 4 is 34.5 Å². The molecular formula is C18H17Cl2N3S. The summed E-state index contributed by atoms with van der Waals surface area (Å²) in [7, 11) is 0. The second-order valence-electron chi connectivity index (χ2n) is 5.89. The van der Waals surface area contributed by atoms with E-state index in [0.717, 1.165) is 53.1 Å². The number of hydrogen-bond donors (Lipinski definition) is 1. The first kappa shape index (κ1) is 16.2. The largest absolute Gasteiger partial charge is 0.316 e. The summed E-state index contributed by atoms with van der Waals surface area (Å²) in [6.45, 7) is 2.75. The molecule has 0 unspecified atom stereocenters. The van der Waals surface area contributed by atoms with Crippen molar-refractivity contribution in [3.05, 3.63) is 61.9 Å². The molecule has 6 heteroatoms.